The number of aromatic nitrogens is 3. The Morgan fingerprint density at radius 3 is 2.69 bits per heavy atom. The van der Waals surface area contributed by atoms with E-state index in [1.54, 1.807) is 11.8 Å². The van der Waals surface area contributed by atoms with Gasteiger partial charge in [0, 0.05) is 0 Å². The number of ether oxygens (including phenoxy) is 1. The molecule has 0 bridgehead atoms. The fraction of sp³-hybridized carbons (Fsp3) is 0.348. The fourth-order valence-corrected chi connectivity index (χ4v) is 3.96. The van der Waals surface area contributed by atoms with Crippen LogP contribution in [0.3, 0.4) is 0 Å². The Morgan fingerprint density at radius 1 is 1.21 bits per heavy atom. The molecular formula is C23H26N4O2. The van der Waals surface area contributed by atoms with Gasteiger partial charge >= 0.3 is 0 Å². The lowest BCUT2D eigenvalue weighted by Gasteiger charge is -2.14. The Balaban J connectivity index is 1.48. The molecule has 0 saturated carbocycles. The molecule has 1 atom stereocenters. The number of hydrogen-bond acceptors (Lipinski definition) is 4. The predicted octanol–water partition coefficient (Wildman–Crippen LogP) is 3.62. The van der Waals surface area contributed by atoms with Crippen LogP contribution in [0.25, 0.3) is 0 Å². The van der Waals surface area contributed by atoms with Gasteiger partial charge in [-0.05, 0) is 54.5 Å². The lowest BCUT2D eigenvalue weighted by molar-refractivity contribution is 0.0931. The van der Waals surface area contributed by atoms with Gasteiger partial charge in [0.1, 0.15) is 5.75 Å². The Bertz CT molecular complexity index is 1020. The van der Waals surface area contributed by atoms with Gasteiger partial charge in [-0.25, -0.2) is 4.68 Å². The summed E-state index contributed by atoms with van der Waals surface area (Å²) in [6.45, 7) is 4.63. The van der Waals surface area contributed by atoms with Gasteiger partial charge in [-0.15, -0.1) is 5.10 Å². The number of carbonyl (C=O) groups excluding carboxylic acids is 1. The Kier molecular flexibility index (Phi) is 5.34. The quantitative estimate of drug-likeness (QED) is 0.698. The molecule has 1 heterocycles. The van der Waals surface area contributed by atoms with Gasteiger partial charge in [-0.1, -0.05) is 48.5 Å². The number of rotatable bonds is 6. The summed E-state index contributed by atoms with van der Waals surface area (Å²) in [4.78, 5) is 12.9. The molecule has 4 rings (SSSR count). The number of benzene rings is 2. The van der Waals surface area contributed by atoms with Crippen molar-refractivity contribution in [1.82, 2.24) is 20.3 Å². The third-order valence-corrected chi connectivity index (χ3v) is 5.71. The summed E-state index contributed by atoms with van der Waals surface area (Å²) in [5.41, 5.74) is 5.89. The summed E-state index contributed by atoms with van der Waals surface area (Å²) in [5.74, 6) is 0.700. The van der Waals surface area contributed by atoms with Crippen molar-refractivity contribution in [2.24, 2.45) is 0 Å². The molecule has 0 aliphatic heterocycles. The monoisotopic (exact) mass is 390 g/mol. The Labute approximate surface area is 170 Å². The summed E-state index contributed by atoms with van der Waals surface area (Å²) in [6, 6.07) is 14.4. The van der Waals surface area contributed by atoms with E-state index in [1.807, 2.05) is 19.1 Å². The average molecular weight is 390 g/mol. The van der Waals surface area contributed by atoms with Gasteiger partial charge in [0.25, 0.3) is 5.91 Å². The smallest absolute Gasteiger partial charge is 0.274 e. The van der Waals surface area contributed by atoms with Crippen LogP contribution in [-0.2, 0) is 19.4 Å². The number of nitrogens with zero attached hydrogens (tertiary/aromatic N) is 3. The first-order valence-electron chi connectivity index (χ1n) is 10.0. The molecule has 150 valence electrons. The third-order valence-electron chi connectivity index (χ3n) is 5.71. The van der Waals surface area contributed by atoms with Crippen LogP contribution in [0, 0.1) is 6.92 Å². The number of nitrogens with one attached hydrogen (secondary N) is 1. The van der Waals surface area contributed by atoms with E-state index in [0.717, 1.165) is 41.8 Å². The maximum Gasteiger partial charge on any atom is 0.274 e. The number of carbonyl (C=O) groups is 1. The molecule has 1 aliphatic carbocycles. The zero-order valence-electron chi connectivity index (χ0n) is 17.1. The maximum absolute atomic E-state index is 12.9. The number of hydrogen-bond donors (Lipinski definition) is 1. The second kappa shape index (κ2) is 8.07. The zero-order valence-corrected chi connectivity index (χ0v) is 17.1. The van der Waals surface area contributed by atoms with Crippen molar-refractivity contribution in [3.05, 3.63) is 76.1 Å². The lowest BCUT2D eigenvalue weighted by Crippen LogP contribution is -2.28. The molecule has 29 heavy (non-hydrogen) atoms. The van der Waals surface area contributed by atoms with Crippen molar-refractivity contribution >= 4 is 5.91 Å². The van der Waals surface area contributed by atoms with Crippen molar-refractivity contribution in [2.75, 3.05) is 7.11 Å². The van der Waals surface area contributed by atoms with E-state index >= 15 is 0 Å². The summed E-state index contributed by atoms with van der Waals surface area (Å²) >= 11 is 0. The Morgan fingerprint density at radius 2 is 1.97 bits per heavy atom. The van der Waals surface area contributed by atoms with Gasteiger partial charge < -0.3 is 10.1 Å². The molecule has 0 saturated heterocycles. The van der Waals surface area contributed by atoms with Crippen LogP contribution >= 0.6 is 0 Å². The number of methoxy groups -OCH3 is 1. The van der Waals surface area contributed by atoms with Crippen molar-refractivity contribution in [1.29, 1.82) is 0 Å². The molecule has 1 aromatic heterocycles. The van der Waals surface area contributed by atoms with Gasteiger partial charge in [0.05, 0.1) is 25.4 Å². The van der Waals surface area contributed by atoms with Crippen LogP contribution in [0.4, 0.5) is 0 Å². The Hall–Kier alpha value is -3.15. The highest BCUT2D eigenvalue weighted by atomic mass is 16.5. The second-order valence-electron chi connectivity index (χ2n) is 7.44. The first-order valence-corrected chi connectivity index (χ1v) is 10.0. The summed E-state index contributed by atoms with van der Waals surface area (Å²) in [5, 5.41) is 11.5. The van der Waals surface area contributed by atoms with Crippen LogP contribution in [-0.4, -0.2) is 28.0 Å². The molecule has 1 aliphatic rings. The molecule has 6 nitrogen and oxygen atoms in total. The van der Waals surface area contributed by atoms with Crippen LogP contribution < -0.4 is 10.1 Å². The van der Waals surface area contributed by atoms with Gasteiger partial charge in [-0.2, -0.15) is 0 Å². The van der Waals surface area contributed by atoms with Crippen molar-refractivity contribution in [3.63, 3.8) is 0 Å². The van der Waals surface area contributed by atoms with E-state index in [-0.39, 0.29) is 11.9 Å². The number of aryl methyl sites for hydroxylation is 1. The van der Waals surface area contributed by atoms with E-state index in [0.29, 0.717) is 12.2 Å². The second-order valence-corrected chi connectivity index (χ2v) is 7.44. The minimum atomic E-state index is -0.184. The van der Waals surface area contributed by atoms with Crippen molar-refractivity contribution < 1.29 is 9.53 Å². The van der Waals surface area contributed by atoms with Crippen molar-refractivity contribution in [3.8, 4) is 5.75 Å². The minimum Gasteiger partial charge on any atom is -0.496 e. The van der Waals surface area contributed by atoms with Crippen molar-refractivity contribution in [2.45, 2.75) is 45.7 Å². The molecule has 1 N–H and O–H groups in total. The molecule has 0 fully saturated rings. The van der Waals surface area contributed by atoms with E-state index in [1.165, 1.54) is 11.1 Å². The standard InChI is InChI=1S/C23H26N4O2/c1-4-16-8-10-17(11-9-16)14-27-15(2)22(25-26-27)23(28)24-20-13-12-19-18(20)6-5-7-21(19)29-3/h5-11,20H,4,12-14H2,1-3H3,(H,24,28)/t20-/m1/s1. The highest BCUT2D eigenvalue weighted by molar-refractivity contribution is 5.93. The first kappa shape index (κ1) is 19.2. The average Bonchev–Trinajstić information content (AvgIpc) is 3.32. The van der Waals surface area contributed by atoms with Crippen LogP contribution in [0.1, 0.15) is 57.8 Å². The van der Waals surface area contributed by atoms with Crippen LogP contribution in [0.15, 0.2) is 42.5 Å². The van der Waals surface area contributed by atoms with E-state index < -0.39 is 0 Å². The minimum absolute atomic E-state index is 0.0289. The molecule has 0 spiro atoms. The number of fused-ring (bicyclic) bond motifs is 1. The fourth-order valence-electron chi connectivity index (χ4n) is 3.96. The zero-order chi connectivity index (χ0) is 20.4. The van der Waals surface area contributed by atoms with E-state index in [4.69, 9.17) is 4.74 Å². The van der Waals surface area contributed by atoms with Gasteiger partial charge in [0.2, 0.25) is 0 Å². The van der Waals surface area contributed by atoms with E-state index in [2.05, 4.69) is 52.9 Å². The molecule has 6 heteroatoms. The maximum atomic E-state index is 12.9. The topological polar surface area (TPSA) is 69.0 Å². The largest absolute Gasteiger partial charge is 0.496 e. The highest BCUT2D eigenvalue weighted by Crippen LogP contribution is 2.36. The summed E-state index contributed by atoms with van der Waals surface area (Å²) in [6.07, 6.45) is 2.77. The predicted molar refractivity (Wildman–Crippen MR) is 111 cm³/mol. The van der Waals surface area contributed by atoms with Crippen LogP contribution in [0.5, 0.6) is 5.75 Å². The molecular weight excluding hydrogens is 364 g/mol. The molecule has 0 radical (unpaired) electrons. The third kappa shape index (κ3) is 3.75. The van der Waals surface area contributed by atoms with E-state index in [9.17, 15) is 4.79 Å². The van der Waals surface area contributed by atoms with Crippen LogP contribution in [0.2, 0.25) is 0 Å². The lowest BCUT2D eigenvalue weighted by atomic mass is 10.1. The van der Waals surface area contributed by atoms with Gasteiger partial charge in [0.15, 0.2) is 5.69 Å². The molecule has 0 unspecified atom stereocenters. The highest BCUT2D eigenvalue weighted by Gasteiger charge is 2.28. The SMILES string of the molecule is CCc1ccc(Cn2nnc(C(=O)N[C@@H]3CCc4c(OC)cccc43)c2C)cc1. The summed E-state index contributed by atoms with van der Waals surface area (Å²) in [7, 11) is 1.68. The summed E-state index contributed by atoms with van der Waals surface area (Å²) < 4.78 is 7.23. The normalized spacial score (nSPS) is 15.2. The number of amides is 1. The molecule has 1 amide bonds. The molecule has 3 aromatic rings. The molecule has 2 aromatic carbocycles. The van der Waals surface area contributed by atoms with Gasteiger partial charge in [-0.3, -0.25) is 4.79 Å². The first-order chi connectivity index (χ1) is 14.1.